The summed E-state index contributed by atoms with van der Waals surface area (Å²) in [7, 11) is -3.71. The van der Waals surface area contributed by atoms with Crippen LogP contribution < -0.4 is 10.2 Å². The number of rotatable bonds is 4. The molecule has 9 heteroatoms. The van der Waals surface area contributed by atoms with Crippen LogP contribution in [0.5, 0.6) is 0 Å². The van der Waals surface area contributed by atoms with Crippen molar-refractivity contribution in [1.82, 2.24) is 9.29 Å². The van der Waals surface area contributed by atoms with E-state index < -0.39 is 15.9 Å². The fourth-order valence-corrected chi connectivity index (χ4v) is 4.31. The first kappa shape index (κ1) is 20.8. The third-order valence-corrected chi connectivity index (χ3v) is 6.35. The Kier molecular flexibility index (Phi) is 5.58. The molecule has 0 aliphatic heterocycles. The van der Waals surface area contributed by atoms with E-state index in [1.165, 1.54) is 0 Å². The van der Waals surface area contributed by atoms with Crippen LogP contribution in [0.1, 0.15) is 25.3 Å². The molecule has 1 amide bonds. The fourth-order valence-electron chi connectivity index (χ4n) is 3.12. The third-order valence-electron chi connectivity index (χ3n) is 4.41. The molecule has 1 N–H and O–H groups in total. The number of sulfonamides is 1. The number of carbonyl (C=O) groups is 1. The number of nitrogens with one attached hydrogen (secondary N) is 1. The molecule has 148 valence electrons. The summed E-state index contributed by atoms with van der Waals surface area (Å²) < 4.78 is 27.0. The van der Waals surface area contributed by atoms with Crippen molar-refractivity contribution in [2.45, 2.75) is 26.3 Å². The topological polar surface area (TPSA) is 85.2 Å². The maximum Gasteiger partial charge on any atom is 0.253 e. The maximum absolute atomic E-state index is 13.0. The van der Waals surface area contributed by atoms with Crippen LogP contribution in [-0.4, -0.2) is 25.1 Å². The van der Waals surface area contributed by atoms with Gasteiger partial charge in [-0.2, -0.15) is 0 Å². The molecule has 0 unspecified atom stereocenters. The Balaban J connectivity index is 2.42. The fraction of sp³-hybridized carbons (Fsp3) is 0.263. The van der Waals surface area contributed by atoms with Gasteiger partial charge in [0, 0.05) is 10.8 Å². The number of amides is 1. The zero-order valence-electron chi connectivity index (χ0n) is 15.4. The first-order chi connectivity index (χ1) is 13.0. The van der Waals surface area contributed by atoms with E-state index in [0.717, 1.165) is 11.8 Å². The summed E-state index contributed by atoms with van der Waals surface area (Å²) in [5.41, 5.74) is 1.78. The quantitative estimate of drug-likeness (QED) is 0.570. The van der Waals surface area contributed by atoms with Gasteiger partial charge in [-0.25, -0.2) is 8.42 Å². The van der Waals surface area contributed by atoms with Crippen molar-refractivity contribution in [3.63, 3.8) is 0 Å². The molecule has 3 rings (SSSR count). The largest absolute Gasteiger partial charge is 0.330 e. The lowest BCUT2D eigenvalue weighted by atomic mass is 10.00. The lowest BCUT2D eigenvalue weighted by molar-refractivity contribution is -0.119. The van der Waals surface area contributed by atoms with Gasteiger partial charge in [-0.1, -0.05) is 31.5 Å². The van der Waals surface area contributed by atoms with Crippen LogP contribution in [0.4, 0.5) is 0 Å². The van der Waals surface area contributed by atoms with E-state index in [-0.39, 0.29) is 17.9 Å². The minimum Gasteiger partial charge on any atom is -0.330 e. The van der Waals surface area contributed by atoms with Gasteiger partial charge in [-0.3, -0.25) is 14.3 Å². The summed E-state index contributed by atoms with van der Waals surface area (Å²) in [6, 6.07) is 8.67. The zero-order chi connectivity index (χ0) is 20.8. The summed E-state index contributed by atoms with van der Waals surface area (Å²) in [6.45, 7) is 3.75. The highest BCUT2D eigenvalue weighted by atomic mass is 79.9. The Morgan fingerprint density at radius 3 is 2.46 bits per heavy atom. The van der Waals surface area contributed by atoms with Crippen LogP contribution in [0.3, 0.4) is 0 Å². The van der Waals surface area contributed by atoms with E-state index in [4.69, 9.17) is 11.6 Å². The Bertz CT molecular complexity index is 1280. The first-order valence-corrected chi connectivity index (χ1v) is 11.5. The van der Waals surface area contributed by atoms with E-state index in [9.17, 15) is 18.0 Å². The van der Waals surface area contributed by atoms with E-state index in [1.807, 2.05) is 30.7 Å². The van der Waals surface area contributed by atoms with Crippen molar-refractivity contribution in [2.75, 3.05) is 6.26 Å². The van der Waals surface area contributed by atoms with Crippen LogP contribution in [0, 0.1) is 0 Å². The smallest absolute Gasteiger partial charge is 0.253 e. The molecular weight excluding hydrogens is 468 g/mol. The van der Waals surface area contributed by atoms with E-state index >= 15 is 0 Å². The predicted octanol–water partition coefficient (Wildman–Crippen LogP) is 3.77. The van der Waals surface area contributed by atoms with Crippen molar-refractivity contribution in [3.05, 3.63) is 55.6 Å². The minimum atomic E-state index is -3.71. The molecular formula is C19H18BrClN2O4S. The highest BCUT2D eigenvalue weighted by molar-refractivity contribution is 9.10. The normalized spacial score (nSPS) is 12.1. The van der Waals surface area contributed by atoms with Gasteiger partial charge in [0.15, 0.2) is 5.43 Å². The summed E-state index contributed by atoms with van der Waals surface area (Å²) in [4.78, 5) is 25.4. The van der Waals surface area contributed by atoms with E-state index in [0.29, 0.717) is 31.3 Å². The number of hydrogen-bond donors (Lipinski definition) is 1. The molecule has 0 fully saturated rings. The monoisotopic (exact) mass is 484 g/mol. The molecule has 6 nitrogen and oxygen atoms in total. The third kappa shape index (κ3) is 3.94. The molecule has 1 heterocycles. The molecule has 0 aliphatic rings. The van der Waals surface area contributed by atoms with Crippen molar-refractivity contribution < 1.29 is 13.2 Å². The van der Waals surface area contributed by atoms with Gasteiger partial charge in [-0.15, -0.1) is 0 Å². The number of hydrogen-bond acceptors (Lipinski definition) is 4. The molecule has 0 saturated heterocycles. The van der Waals surface area contributed by atoms with Gasteiger partial charge in [-0.05, 0) is 51.7 Å². The van der Waals surface area contributed by atoms with Crippen molar-refractivity contribution in [2.24, 2.45) is 0 Å². The highest BCUT2D eigenvalue weighted by Crippen LogP contribution is 2.32. The predicted molar refractivity (Wildman–Crippen MR) is 115 cm³/mol. The van der Waals surface area contributed by atoms with Crippen molar-refractivity contribution >= 4 is 65.3 Å². The molecule has 0 atom stereocenters. The second kappa shape index (κ2) is 7.50. The maximum atomic E-state index is 13.0. The molecule has 3 aromatic rings. The molecule has 0 bridgehead atoms. The van der Waals surface area contributed by atoms with Gasteiger partial charge in [0.1, 0.15) is 6.54 Å². The van der Waals surface area contributed by atoms with Crippen LogP contribution in [0.25, 0.3) is 21.8 Å². The summed E-state index contributed by atoms with van der Waals surface area (Å²) >= 11 is 9.64. The van der Waals surface area contributed by atoms with Crippen molar-refractivity contribution in [3.8, 4) is 0 Å². The Morgan fingerprint density at radius 1 is 1.21 bits per heavy atom. The molecule has 2 aromatic carbocycles. The van der Waals surface area contributed by atoms with Gasteiger partial charge >= 0.3 is 0 Å². The molecule has 0 radical (unpaired) electrons. The van der Waals surface area contributed by atoms with E-state index in [1.54, 1.807) is 22.8 Å². The average molecular weight is 486 g/mol. The summed E-state index contributed by atoms with van der Waals surface area (Å²) in [6.07, 6.45) is 0.913. The van der Waals surface area contributed by atoms with Crippen LogP contribution >= 0.6 is 27.5 Å². The SMILES string of the molecule is CC(C)c1ccc2c(=O)c3ccc(Cl)c(Br)c3n(CC(=O)NS(C)(=O)=O)c2c1. The Labute approximate surface area is 175 Å². The number of fused-ring (bicyclic) bond motifs is 2. The second-order valence-corrected chi connectivity index (χ2v) is 9.85. The summed E-state index contributed by atoms with van der Waals surface area (Å²) in [5, 5.41) is 1.20. The number of carbonyl (C=O) groups excluding carboxylic acids is 1. The number of nitrogens with zero attached hydrogens (tertiary/aromatic N) is 1. The van der Waals surface area contributed by atoms with Crippen LogP contribution in [-0.2, 0) is 21.4 Å². The zero-order valence-corrected chi connectivity index (χ0v) is 18.6. The first-order valence-electron chi connectivity index (χ1n) is 8.44. The van der Waals surface area contributed by atoms with E-state index in [2.05, 4.69) is 15.9 Å². The van der Waals surface area contributed by atoms with Crippen LogP contribution in [0.2, 0.25) is 5.02 Å². The summed E-state index contributed by atoms with van der Waals surface area (Å²) in [5.74, 6) is -0.508. The number of pyridine rings is 1. The lowest BCUT2D eigenvalue weighted by Gasteiger charge is -2.18. The highest BCUT2D eigenvalue weighted by Gasteiger charge is 2.19. The molecule has 0 aliphatic carbocycles. The number of halogens is 2. The lowest BCUT2D eigenvalue weighted by Crippen LogP contribution is -2.33. The molecule has 1 aromatic heterocycles. The standard InChI is InChI=1S/C19H18BrClN2O4S/c1-10(2)11-4-5-12-15(8-11)23(9-16(24)22-28(3,26)27)18-13(19(12)25)6-7-14(21)17(18)20/h4-8,10H,9H2,1-3H3,(H,22,24). The Hall–Kier alpha value is -1.90. The van der Waals surface area contributed by atoms with Gasteiger partial charge in [0.05, 0.1) is 26.8 Å². The second-order valence-electron chi connectivity index (χ2n) is 6.90. The minimum absolute atomic E-state index is 0.183. The van der Waals surface area contributed by atoms with Gasteiger partial charge < -0.3 is 4.57 Å². The molecule has 0 spiro atoms. The van der Waals surface area contributed by atoms with Crippen molar-refractivity contribution in [1.29, 1.82) is 0 Å². The van der Waals surface area contributed by atoms with Gasteiger partial charge in [0.2, 0.25) is 10.0 Å². The Morgan fingerprint density at radius 2 is 1.86 bits per heavy atom. The number of aromatic nitrogens is 1. The molecule has 28 heavy (non-hydrogen) atoms. The number of benzene rings is 2. The van der Waals surface area contributed by atoms with Gasteiger partial charge in [0.25, 0.3) is 5.91 Å². The average Bonchev–Trinajstić information content (AvgIpc) is 2.59. The molecule has 0 saturated carbocycles. The van der Waals surface area contributed by atoms with Crippen LogP contribution in [0.15, 0.2) is 39.6 Å².